The number of piperidine rings is 1. The first-order valence-corrected chi connectivity index (χ1v) is 10.5. The Hall–Kier alpha value is -2.79. The molecular weight excluding hydrogens is 468 g/mol. The fourth-order valence-corrected chi connectivity index (χ4v) is 4.53. The molecule has 5 nitrogen and oxygen atoms in total. The Balaban J connectivity index is 1.60. The lowest BCUT2D eigenvalue weighted by molar-refractivity contribution is -0.145. The second-order valence-electron chi connectivity index (χ2n) is 8.53. The fourth-order valence-electron chi connectivity index (χ4n) is 4.53. The number of ether oxygens (including phenoxy) is 2. The molecule has 2 saturated heterocycles. The Labute approximate surface area is 190 Å². The number of carbonyl (C=O) groups excluding carboxylic acids is 1. The van der Waals surface area contributed by atoms with Crippen molar-refractivity contribution in [2.45, 2.75) is 49.5 Å². The molecule has 2 atom stereocenters. The average molecular weight is 489 g/mol. The van der Waals surface area contributed by atoms with Crippen molar-refractivity contribution in [3.8, 4) is 0 Å². The van der Waals surface area contributed by atoms with Gasteiger partial charge in [0.2, 0.25) is 0 Å². The zero-order valence-electron chi connectivity index (χ0n) is 17.7. The van der Waals surface area contributed by atoms with Gasteiger partial charge in [0.15, 0.2) is 0 Å². The van der Waals surface area contributed by atoms with E-state index in [0.29, 0.717) is 12.1 Å². The van der Waals surface area contributed by atoms with Gasteiger partial charge < -0.3 is 14.6 Å². The lowest BCUT2D eigenvalue weighted by Crippen LogP contribution is -2.62. The van der Waals surface area contributed by atoms with Crippen molar-refractivity contribution in [2.75, 3.05) is 13.2 Å². The maximum absolute atomic E-state index is 13.3. The maximum Gasteiger partial charge on any atom is 0.416 e. The van der Waals surface area contributed by atoms with E-state index in [9.17, 15) is 36.2 Å². The van der Waals surface area contributed by atoms with Gasteiger partial charge in [0.1, 0.15) is 6.61 Å². The number of alkyl halides is 6. The van der Waals surface area contributed by atoms with Crippen LogP contribution in [0.2, 0.25) is 0 Å². The SMILES string of the molecule is O=C(OCc1ccccc1)N1C2COCC1CC(O)(c1cc(C(F)(F)F)cc(C(F)(F)F)c1)C2. The van der Waals surface area contributed by atoms with E-state index in [1.165, 1.54) is 4.90 Å². The summed E-state index contributed by atoms with van der Waals surface area (Å²) in [5.74, 6) is 0. The van der Waals surface area contributed by atoms with Crippen LogP contribution >= 0.6 is 0 Å². The summed E-state index contributed by atoms with van der Waals surface area (Å²) in [6.45, 7) is -0.0853. The molecule has 2 aliphatic heterocycles. The van der Waals surface area contributed by atoms with E-state index in [0.717, 1.165) is 5.56 Å². The third-order valence-corrected chi connectivity index (χ3v) is 6.09. The molecule has 2 fully saturated rings. The van der Waals surface area contributed by atoms with E-state index < -0.39 is 52.8 Å². The quantitative estimate of drug-likeness (QED) is 0.609. The van der Waals surface area contributed by atoms with Gasteiger partial charge >= 0.3 is 18.4 Å². The number of amides is 1. The maximum atomic E-state index is 13.3. The lowest BCUT2D eigenvalue weighted by Gasteiger charge is -2.51. The largest absolute Gasteiger partial charge is 0.445 e. The molecule has 2 aromatic rings. The summed E-state index contributed by atoms with van der Waals surface area (Å²) in [4.78, 5) is 14.1. The number of hydrogen-bond donors (Lipinski definition) is 1. The summed E-state index contributed by atoms with van der Waals surface area (Å²) < 4.78 is 90.7. The highest BCUT2D eigenvalue weighted by Crippen LogP contribution is 2.45. The number of benzene rings is 2. The lowest BCUT2D eigenvalue weighted by atomic mass is 9.76. The van der Waals surface area contributed by atoms with Crippen LogP contribution in [0.4, 0.5) is 31.1 Å². The second kappa shape index (κ2) is 8.77. The number of morpholine rings is 1. The number of hydrogen-bond acceptors (Lipinski definition) is 4. The van der Waals surface area contributed by atoms with Gasteiger partial charge in [0, 0.05) is 12.8 Å². The first-order chi connectivity index (χ1) is 15.9. The Morgan fingerprint density at radius 1 is 0.971 bits per heavy atom. The highest BCUT2D eigenvalue weighted by Gasteiger charge is 2.50. The molecule has 1 amide bonds. The molecule has 11 heteroatoms. The van der Waals surface area contributed by atoms with Crippen LogP contribution in [0, 0.1) is 0 Å². The number of nitrogens with zero attached hydrogens (tertiary/aromatic N) is 1. The highest BCUT2D eigenvalue weighted by molar-refractivity contribution is 5.69. The van der Waals surface area contributed by atoms with Crippen molar-refractivity contribution in [3.05, 3.63) is 70.8 Å². The smallest absolute Gasteiger partial charge is 0.416 e. The molecule has 2 bridgehead atoms. The van der Waals surface area contributed by atoms with Crippen molar-refractivity contribution >= 4 is 6.09 Å². The van der Waals surface area contributed by atoms with Crippen molar-refractivity contribution in [2.24, 2.45) is 0 Å². The van der Waals surface area contributed by atoms with E-state index in [4.69, 9.17) is 9.47 Å². The predicted molar refractivity (Wildman–Crippen MR) is 106 cm³/mol. The van der Waals surface area contributed by atoms with Gasteiger partial charge in [0.25, 0.3) is 0 Å². The van der Waals surface area contributed by atoms with Gasteiger partial charge in [-0.15, -0.1) is 0 Å². The van der Waals surface area contributed by atoms with E-state index in [2.05, 4.69) is 0 Å². The number of rotatable bonds is 3. The molecular formula is C23H21F6NO4. The molecule has 0 saturated carbocycles. The molecule has 2 unspecified atom stereocenters. The summed E-state index contributed by atoms with van der Waals surface area (Å²) in [5, 5.41) is 11.3. The van der Waals surface area contributed by atoms with Crippen LogP contribution in [0.3, 0.4) is 0 Å². The molecule has 0 spiro atoms. The summed E-state index contributed by atoms with van der Waals surface area (Å²) >= 11 is 0. The molecule has 2 heterocycles. The highest BCUT2D eigenvalue weighted by atomic mass is 19.4. The standard InChI is InChI=1S/C23H21F6NO4/c24-22(25,26)16-6-15(7-17(8-16)23(27,28)29)21(32)9-18-12-33-13-19(10-21)30(18)20(31)34-11-14-4-2-1-3-5-14/h1-8,18-19,32H,9-13H2. The first kappa shape index (κ1) is 24.3. The minimum Gasteiger partial charge on any atom is -0.445 e. The average Bonchev–Trinajstić information content (AvgIpc) is 2.76. The van der Waals surface area contributed by atoms with Crippen LogP contribution in [0.1, 0.15) is 35.1 Å². The molecule has 184 valence electrons. The van der Waals surface area contributed by atoms with Crippen molar-refractivity contribution < 1.29 is 45.7 Å². The van der Waals surface area contributed by atoms with Crippen molar-refractivity contribution in [1.29, 1.82) is 0 Å². The molecule has 1 N–H and O–H groups in total. The topological polar surface area (TPSA) is 59.0 Å². The zero-order valence-corrected chi connectivity index (χ0v) is 17.7. The normalized spacial score (nSPS) is 25.2. The fraction of sp³-hybridized carbons (Fsp3) is 0.435. The minimum absolute atomic E-state index is 0.0106. The van der Waals surface area contributed by atoms with Crippen molar-refractivity contribution in [3.63, 3.8) is 0 Å². The third kappa shape index (κ3) is 5.00. The van der Waals surface area contributed by atoms with E-state index in [-0.39, 0.29) is 38.7 Å². The Bertz CT molecular complexity index is 994. The monoisotopic (exact) mass is 489 g/mol. The van der Waals surface area contributed by atoms with Gasteiger partial charge in [-0.1, -0.05) is 30.3 Å². The molecule has 0 aromatic heterocycles. The molecule has 0 aliphatic carbocycles. The number of halogens is 6. The van der Waals surface area contributed by atoms with Gasteiger partial charge in [-0.3, -0.25) is 4.90 Å². The van der Waals surface area contributed by atoms with Crippen molar-refractivity contribution in [1.82, 2.24) is 4.90 Å². The van der Waals surface area contributed by atoms with Crippen LogP contribution in [-0.4, -0.2) is 41.4 Å². The summed E-state index contributed by atoms with van der Waals surface area (Å²) in [6.07, 6.45) is -11.4. The van der Waals surface area contributed by atoms with Crippen LogP contribution in [0.5, 0.6) is 0 Å². The van der Waals surface area contributed by atoms with Gasteiger partial charge in [-0.05, 0) is 29.3 Å². The molecule has 2 aliphatic rings. The third-order valence-electron chi connectivity index (χ3n) is 6.09. The minimum atomic E-state index is -5.03. The second-order valence-corrected chi connectivity index (χ2v) is 8.53. The van der Waals surface area contributed by atoms with Gasteiger partial charge in [0.05, 0.1) is 42.0 Å². The van der Waals surface area contributed by atoms with Crippen LogP contribution in [0.15, 0.2) is 48.5 Å². The molecule has 2 aromatic carbocycles. The first-order valence-electron chi connectivity index (χ1n) is 10.5. The van der Waals surface area contributed by atoms with E-state index in [1.54, 1.807) is 30.3 Å². The predicted octanol–water partition coefficient (Wildman–Crippen LogP) is 5.11. The summed E-state index contributed by atoms with van der Waals surface area (Å²) in [6, 6.07) is 8.40. The van der Waals surface area contributed by atoms with Crippen LogP contribution < -0.4 is 0 Å². The Kier molecular flexibility index (Phi) is 6.28. The summed E-state index contributed by atoms with van der Waals surface area (Å²) in [7, 11) is 0. The van der Waals surface area contributed by atoms with E-state index >= 15 is 0 Å². The number of carbonyl (C=O) groups is 1. The Morgan fingerprint density at radius 2 is 1.50 bits per heavy atom. The molecule has 4 rings (SSSR count). The Morgan fingerprint density at radius 3 is 2.00 bits per heavy atom. The molecule has 0 radical (unpaired) electrons. The van der Waals surface area contributed by atoms with Crippen LogP contribution in [0.25, 0.3) is 0 Å². The number of fused-ring (bicyclic) bond motifs is 2. The van der Waals surface area contributed by atoms with Gasteiger partial charge in [-0.25, -0.2) is 4.79 Å². The van der Waals surface area contributed by atoms with Crippen LogP contribution in [-0.2, 0) is 34.0 Å². The van der Waals surface area contributed by atoms with Gasteiger partial charge in [-0.2, -0.15) is 26.3 Å². The molecule has 34 heavy (non-hydrogen) atoms. The summed E-state index contributed by atoms with van der Waals surface area (Å²) in [5.41, 5.74) is -4.77. The zero-order chi connectivity index (χ0) is 24.7. The number of aliphatic hydroxyl groups is 1. The van der Waals surface area contributed by atoms with E-state index in [1.807, 2.05) is 0 Å².